The Hall–Kier alpha value is -2.86. The maximum Gasteiger partial charge on any atom is 0.207 e. The highest BCUT2D eigenvalue weighted by Crippen LogP contribution is 2.13. The molecule has 1 saturated heterocycles. The average Bonchev–Trinajstić information content (AvgIpc) is 2.86. The number of aryl methyl sites for hydroxylation is 1. The third-order valence-corrected chi connectivity index (χ3v) is 5.42. The first-order chi connectivity index (χ1) is 16.2. The number of nitrogens with zero attached hydrogens (tertiary/aromatic N) is 2. The Morgan fingerprint density at radius 1 is 1.06 bits per heavy atom. The Kier molecular flexibility index (Phi) is 13.4. The Labute approximate surface area is 199 Å². The highest BCUT2D eigenvalue weighted by molar-refractivity contribution is 5.63. The molecule has 0 bridgehead atoms. The molecule has 1 aliphatic rings. The van der Waals surface area contributed by atoms with Gasteiger partial charge in [-0.15, -0.1) is 0 Å². The van der Waals surface area contributed by atoms with Gasteiger partial charge < -0.3 is 20.3 Å². The number of likely N-dealkylation sites (tertiary alicyclic amines) is 1. The van der Waals surface area contributed by atoms with E-state index in [4.69, 9.17) is 4.74 Å². The summed E-state index contributed by atoms with van der Waals surface area (Å²) in [7, 11) is 0. The van der Waals surface area contributed by atoms with Crippen molar-refractivity contribution in [2.45, 2.75) is 46.0 Å². The lowest BCUT2D eigenvalue weighted by atomic mass is 10.1. The van der Waals surface area contributed by atoms with Crippen LogP contribution < -0.4 is 15.4 Å². The minimum absolute atomic E-state index is 0.621. The zero-order chi connectivity index (χ0) is 23.6. The molecule has 180 valence electrons. The molecular formula is C27H40N4O2. The standard InChI is InChI=1S/C15H23NO.C12H17N3O/c1-14-6-8-15(9-7-14)17-13-5-12-16-10-3-2-4-11-16;1-2-3-12(15-9-8-14-10-16)11-4-6-13-7-5-11/h6-9H,2-5,10-13H2,1H3;3-7,10,15H,2,8-9H2,1H3,(H,14,16)/b;12-3+. The van der Waals surface area contributed by atoms with Crippen LogP contribution in [0.1, 0.15) is 50.2 Å². The number of amides is 1. The normalized spacial score (nSPS) is 14.1. The molecule has 6 nitrogen and oxygen atoms in total. The zero-order valence-electron chi connectivity index (χ0n) is 20.3. The van der Waals surface area contributed by atoms with Crippen molar-refractivity contribution < 1.29 is 9.53 Å². The zero-order valence-corrected chi connectivity index (χ0v) is 20.3. The Morgan fingerprint density at radius 3 is 2.45 bits per heavy atom. The number of piperidine rings is 1. The Morgan fingerprint density at radius 2 is 1.79 bits per heavy atom. The first-order valence-corrected chi connectivity index (χ1v) is 12.2. The quantitative estimate of drug-likeness (QED) is 0.369. The summed E-state index contributed by atoms with van der Waals surface area (Å²) >= 11 is 0. The van der Waals surface area contributed by atoms with Gasteiger partial charge in [-0.05, 0) is 70.0 Å². The summed E-state index contributed by atoms with van der Waals surface area (Å²) in [6.07, 6.45) is 12.6. The van der Waals surface area contributed by atoms with Gasteiger partial charge in [-0.25, -0.2) is 0 Å². The number of allylic oxidation sites excluding steroid dienone is 1. The minimum Gasteiger partial charge on any atom is -0.494 e. The molecule has 1 aliphatic heterocycles. The molecule has 0 unspecified atom stereocenters. The number of aromatic nitrogens is 1. The number of pyridine rings is 1. The van der Waals surface area contributed by atoms with Crippen LogP contribution in [0.25, 0.3) is 5.70 Å². The molecule has 0 radical (unpaired) electrons. The van der Waals surface area contributed by atoms with E-state index in [2.05, 4.69) is 64.7 Å². The predicted molar refractivity (Wildman–Crippen MR) is 136 cm³/mol. The van der Waals surface area contributed by atoms with Gasteiger partial charge in [0, 0.05) is 43.3 Å². The van der Waals surface area contributed by atoms with E-state index in [1.54, 1.807) is 12.4 Å². The van der Waals surface area contributed by atoms with E-state index < -0.39 is 0 Å². The van der Waals surface area contributed by atoms with Gasteiger partial charge in [0.15, 0.2) is 0 Å². The summed E-state index contributed by atoms with van der Waals surface area (Å²) < 4.78 is 5.73. The van der Waals surface area contributed by atoms with Crippen molar-refractivity contribution in [1.29, 1.82) is 0 Å². The number of hydrogen-bond acceptors (Lipinski definition) is 5. The van der Waals surface area contributed by atoms with Crippen LogP contribution >= 0.6 is 0 Å². The summed E-state index contributed by atoms with van der Waals surface area (Å²) in [5, 5.41) is 5.90. The lowest BCUT2D eigenvalue weighted by molar-refractivity contribution is -0.109. The second kappa shape index (κ2) is 16.7. The number of carbonyl (C=O) groups excluding carboxylic acids is 1. The first kappa shape index (κ1) is 26.4. The van der Waals surface area contributed by atoms with Crippen LogP contribution in [-0.2, 0) is 4.79 Å². The summed E-state index contributed by atoms with van der Waals surface area (Å²) in [4.78, 5) is 16.6. The number of nitrogens with one attached hydrogen (secondary N) is 2. The molecule has 2 aromatic rings. The van der Waals surface area contributed by atoms with Gasteiger partial charge in [-0.1, -0.05) is 37.1 Å². The SMILES string of the molecule is CC/C=C(/NCCNC=O)c1ccncc1.Cc1ccc(OCCCN2CCCCC2)cc1. The Balaban J connectivity index is 0.000000234. The van der Waals surface area contributed by atoms with E-state index >= 15 is 0 Å². The molecule has 2 N–H and O–H groups in total. The maximum atomic E-state index is 10.1. The number of ether oxygens (including phenoxy) is 1. The summed E-state index contributed by atoms with van der Waals surface area (Å²) in [6.45, 7) is 10.1. The second-order valence-corrected chi connectivity index (χ2v) is 8.18. The van der Waals surface area contributed by atoms with Crippen LogP contribution in [0.15, 0.2) is 54.9 Å². The Bertz CT molecular complexity index is 788. The topological polar surface area (TPSA) is 66.5 Å². The third kappa shape index (κ3) is 11.5. The fourth-order valence-corrected chi connectivity index (χ4v) is 3.65. The van der Waals surface area contributed by atoms with Crippen LogP contribution in [0.2, 0.25) is 0 Å². The molecule has 0 saturated carbocycles. The third-order valence-electron chi connectivity index (χ3n) is 5.42. The van der Waals surface area contributed by atoms with Crippen LogP contribution in [0.4, 0.5) is 0 Å². The molecule has 1 aromatic carbocycles. The molecule has 1 amide bonds. The number of benzene rings is 1. The van der Waals surface area contributed by atoms with Crippen molar-refractivity contribution in [2.24, 2.45) is 0 Å². The molecule has 2 heterocycles. The van der Waals surface area contributed by atoms with E-state index in [1.165, 1.54) is 44.5 Å². The smallest absolute Gasteiger partial charge is 0.207 e. The van der Waals surface area contributed by atoms with Crippen molar-refractivity contribution in [3.63, 3.8) is 0 Å². The van der Waals surface area contributed by atoms with Gasteiger partial charge in [-0.2, -0.15) is 0 Å². The molecule has 0 atom stereocenters. The van der Waals surface area contributed by atoms with E-state index in [-0.39, 0.29) is 0 Å². The van der Waals surface area contributed by atoms with Crippen LogP contribution in [0.5, 0.6) is 5.75 Å². The van der Waals surface area contributed by atoms with E-state index in [9.17, 15) is 4.79 Å². The maximum absolute atomic E-state index is 10.1. The van der Waals surface area contributed by atoms with Crippen molar-refractivity contribution in [1.82, 2.24) is 20.5 Å². The van der Waals surface area contributed by atoms with Crippen molar-refractivity contribution in [3.8, 4) is 5.75 Å². The fraction of sp³-hybridized carbons (Fsp3) is 0.481. The lowest BCUT2D eigenvalue weighted by Gasteiger charge is -2.26. The molecule has 1 aromatic heterocycles. The van der Waals surface area contributed by atoms with Gasteiger partial charge in [0.1, 0.15) is 5.75 Å². The molecule has 33 heavy (non-hydrogen) atoms. The highest BCUT2D eigenvalue weighted by Gasteiger charge is 2.08. The first-order valence-electron chi connectivity index (χ1n) is 12.2. The summed E-state index contributed by atoms with van der Waals surface area (Å²) in [5.74, 6) is 0.995. The second-order valence-electron chi connectivity index (χ2n) is 8.18. The number of hydrogen-bond donors (Lipinski definition) is 2. The van der Waals surface area contributed by atoms with Crippen LogP contribution in [0, 0.1) is 6.92 Å². The van der Waals surface area contributed by atoms with Crippen molar-refractivity contribution in [2.75, 3.05) is 39.3 Å². The van der Waals surface area contributed by atoms with Crippen molar-refractivity contribution >= 4 is 12.1 Å². The largest absolute Gasteiger partial charge is 0.494 e. The minimum atomic E-state index is 0.621. The lowest BCUT2D eigenvalue weighted by Crippen LogP contribution is -2.31. The van der Waals surface area contributed by atoms with E-state index in [0.717, 1.165) is 36.5 Å². The average molecular weight is 453 g/mol. The van der Waals surface area contributed by atoms with Gasteiger partial charge >= 0.3 is 0 Å². The number of rotatable bonds is 12. The molecule has 0 aliphatic carbocycles. The highest BCUT2D eigenvalue weighted by atomic mass is 16.5. The molecule has 3 rings (SSSR count). The van der Waals surface area contributed by atoms with Crippen molar-refractivity contribution in [3.05, 3.63) is 66.0 Å². The fourth-order valence-electron chi connectivity index (χ4n) is 3.65. The summed E-state index contributed by atoms with van der Waals surface area (Å²) in [5.41, 5.74) is 3.48. The van der Waals surface area contributed by atoms with Crippen LogP contribution in [-0.4, -0.2) is 55.6 Å². The van der Waals surface area contributed by atoms with Gasteiger partial charge in [0.25, 0.3) is 0 Å². The molecule has 0 spiro atoms. The molecule has 6 heteroatoms. The van der Waals surface area contributed by atoms with Gasteiger partial charge in [0.05, 0.1) is 6.61 Å². The predicted octanol–water partition coefficient (Wildman–Crippen LogP) is 4.42. The van der Waals surface area contributed by atoms with E-state index in [1.807, 2.05) is 12.1 Å². The molecule has 1 fully saturated rings. The van der Waals surface area contributed by atoms with Gasteiger partial charge in [0.2, 0.25) is 6.41 Å². The summed E-state index contributed by atoms with van der Waals surface area (Å²) in [6, 6.07) is 12.2. The monoisotopic (exact) mass is 452 g/mol. The van der Waals surface area contributed by atoms with Gasteiger partial charge in [-0.3, -0.25) is 9.78 Å². The van der Waals surface area contributed by atoms with E-state index in [0.29, 0.717) is 19.5 Å². The molecular weight excluding hydrogens is 412 g/mol. The number of carbonyl (C=O) groups is 1. The van der Waals surface area contributed by atoms with Crippen LogP contribution in [0.3, 0.4) is 0 Å².